The maximum absolute atomic E-state index is 11.2. The molecule has 1 aliphatic rings. The SMILES string of the molecule is O=C(O)C1CCN(C(c2ccsc2)c2cc3ccccc3s2)CC1. The van der Waals surface area contributed by atoms with Crippen LogP contribution in [0.2, 0.25) is 0 Å². The Bertz CT molecular complexity index is 799. The summed E-state index contributed by atoms with van der Waals surface area (Å²) in [7, 11) is 0. The molecule has 1 aliphatic heterocycles. The maximum atomic E-state index is 11.2. The normalized spacial score (nSPS) is 18.0. The van der Waals surface area contributed by atoms with Crippen molar-refractivity contribution in [2.45, 2.75) is 18.9 Å². The van der Waals surface area contributed by atoms with Crippen LogP contribution in [0, 0.1) is 5.92 Å². The van der Waals surface area contributed by atoms with Crippen LogP contribution in [0.15, 0.2) is 47.2 Å². The summed E-state index contributed by atoms with van der Waals surface area (Å²) < 4.78 is 1.31. The topological polar surface area (TPSA) is 40.5 Å². The largest absolute Gasteiger partial charge is 0.481 e. The third kappa shape index (κ3) is 2.99. The van der Waals surface area contributed by atoms with Gasteiger partial charge in [-0.2, -0.15) is 11.3 Å². The molecule has 1 aromatic carbocycles. The minimum absolute atomic E-state index is 0.188. The molecule has 0 saturated carbocycles. The quantitative estimate of drug-likeness (QED) is 0.726. The number of rotatable bonds is 4. The second-order valence-corrected chi connectivity index (χ2v) is 8.19. The number of carboxylic acids is 1. The van der Waals surface area contributed by atoms with Crippen LogP contribution < -0.4 is 0 Å². The Kier molecular flexibility index (Phi) is 4.39. The molecule has 1 unspecified atom stereocenters. The highest BCUT2D eigenvalue weighted by Crippen LogP contribution is 2.39. The van der Waals surface area contributed by atoms with Gasteiger partial charge in [-0.1, -0.05) is 18.2 Å². The number of carbonyl (C=O) groups is 1. The smallest absolute Gasteiger partial charge is 0.306 e. The number of hydrogen-bond donors (Lipinski definition) is 1. The highest BCUT2D eigenvalue weighted by atomic mass is 32.1. The average molecular weight is 358 g/mol. The van der Waals surface area contributed by atoms with Crippen molar-refractivity contribution in [3.8, 4) is 0 Å². The summed E-state index contributed by atoms with van der Waals surface area (Å²) in [6.07, 6.45) is 1.47. The fraction of sp³-hybridized carbons (Fsp3) is 0.316. The van der Waals surface area contributed by atoms with Gasteiger partial charge in [-0.25, -0.2) is 0 Å². The Morgan fingerprint density at radius 2 is 2.00 bits per heavy atom. The number of thiophene rings is 2. The third-order valence-corrected chi connectivity index (χ3v) is 6.69. The van der Waals surface area contributed by atoms with Gasteiger partial charge in [0.1, 0.15) is 0 Å². The molecule has 2 aromatic heterocycles. The van der Waals surface area contributed by atoms with E-state index in [0.717, 1.165) is 25.9 Å². The molecular formula is C19H19NO2S2. The van der Waals surface area contributed by atoms with E-state index >= 15 is 0 Å². The number of hydrogen-bond acceptors (Lipinski definition) is 4. The molecule has 3 nitrogen and oxygen atoms in total. The van der Waals surface area contributed by atoms with Crippen molar-refractivity contribution in [2.24, 2.45) is 5.92 Å². The Hall–Kier alpha value is -1.69. The van der Waals surface area contributed by atoms with Crippen LogP contribution in [0.25, 0.3) is 10.1 Å². The molecule has 3 heterocycles. The molecule has 24 heavy (non-hydrogen) atoms. The molecule has 1 fully saturated rings. The van der Waals surface area contributed by atoms with Crippen LogP contribution in [-0.4, -0.2) is 29.1 Å². The predicted octanol–water partition coefficient (Wildman–Crippen LogP) is 4.85. The lowest BCUT2D eigenvalue weighted by Gasteiger charge is -2.36. The van der Waals surface area contributed by atoms with Gasteiger partial charge in [-0.05, 0) is 65.8 Å². The lowest BCUT2D eigenvalue weighted by atomic mass is 9.94. The molecular weight excluding hydrogens is 338 g/mol. The highest BCUT2D eigenvalue weighted by Gasteiger charge is 2.31. The molecule has 1 saturated heterocycles. The average Bonchev–Trinajstić information content (AvgIpc) is 3.25. The second kappa shape index (κ2) is 6.67. The number of piperidine rings is 1. The molecule has 3 aromatic rings. The first kappa shape index (κ1) is 15.8. The van der Waals surface area contributed by atoms with Crippen molar-refractivity contribution in [1.82, 2.24) is 4.90 Å². The van der Waals surface area contributed by atoms with E-state index in [1.165, 1.54) is 20.5 Å². The van der Waals surface area contributed by atoms with E-state index < -0.39 is 5.97 Å². The molecule has 4 rings (SSSR count). The van der Waals surface area contributed by atoms with Crippen LogP contribution in [0.3, 0.4) is 0 Å². The molecule has 0 spiro atoms. The Labute approximate surface area is 149 Å². The zero-order valence-corrected chi connectivity index (χ0v) is 14.9. The van der Waals surface area contributed by atoms with Crippen molar-refractivity contribution in [3.63, 3.8) is 0 Å². The molecule has 1 N–H and O–H groups in total. The molecule has 124 valence electrons. The zero-order valence-electron chi connectivity index (χ0n) is 13.2. The minimum Gasteiger partial charge on any atom is -0.481 e. The van der Waals surface area contributed by atoms with Crippen molar-refractivity contribution in [3.05, 3.63) is 57.6 Å². The molecule has 5 heteroatoms. The number of aliphatic carboxylic acids is 1. The summed E-state index contributed by atoms with van der Waals surface area (Å²) in [6, 6.07) is 13.2. The minimum atomic E-state index is -0.649. The van der Waals surface area contributed by atoms with E-state index in [4.69, 9.17) is 0 Å². The number of benzene rings is 1. The van der Waals surface area contributed by atoms with Gasteiger partial charge < -0.3 is 5.11 Å². The summed E-state index contributed by atoms with van der Waals surface area (Å²) in [4.78, 5) is 15.0. The fourth-order valence-electron chi connectivity index (χ4n) is 3.53. The van der Waals surface area contributed by atoms with Gasteiger partial charge in [0.25, 0.3) is 0 Å². The number of fused-ring (bicyclic) bond motifs is 1. The third-order valence-electron chi connectivity index (χ3n) is 4.82. The van der Waals surface area contributed by atoms with Crippen LogP contribution in [0.5, 0.6) is 0 Å². The molecule has 0 radical (unpaired) electrons. The summed E-state index contributed by atoms with van der Waals surface area (Å²) in [5.41, 5.74) is 1.32. The number of carboxylic acid groups (broad SMARTS) is 1. The van der Waals surface area contributed by atoms with Gasteiger partial charge in [0, 0.05) is 9.58 Å². The van der Waals surface area contributed by atoms with Crippen LogP contribution in [0.4, 0.5) is 0 Å². The van der Waals surface area contributed by atoms with Gasteiger partial charge >= 0.3 is 5.97 Å². The van der Waals surface area contributed by atoms with Gasteiger partial charge in [-0.3, -0.25) is 9.69 Å². The van der Waals surface area contributed by atoms with Crippen molar-refractivity contribution in [1.29, 1.82) is 0 Å². The van der Waals surface area contributed by atoms with Crippen molar-refractivity contribution in [2.75, 3.05) is 13.1 Å². The first-order valence-corrected chi connectivity index (χ1v) is 9.96. The predicted molar refractivity (Wildman–Crippen MR) is 99.9 cm³/mol. The lowest BCUT2D eigenvalue weighted by molar-refractivity contribution is -0.143. The second-order valence-electron chi connectivity index (χ2n) is 6.29. The highest BCUT2D eigenvalue weighted by molar-refractivity contribution is 7.19. The molecule has 1 atom stereocenters. The number of nitrogens with zero attached hydrogens (tertiary/aromatic N) is 1. The first-order valence-electron chi connectivity index (χ1n) is 8.20. The van der Waals surface area contributed by atoms with Crippen LogP contribution >= 0.6 is 22.7 Å². The van der Waals surface area contributed by atoms with Crippen LogP contribution in [-0.2, 0) is 4.79 Å². The van der Waals surface area contributed by atoms with Gasteiger partial charge in [0.15, 0.2) is 0 Å². The van der Waals surface area contributed by atoms with Crippen molar-refractivity contribution < 1.29 is 9.90 Å². The van der Waals surface area contributed by atoms with Gasteiger partial charge in [0.2, 0.25) is 0 Å². The van der Waals surface area contributed by atoms with Gasteiger partial charge in [0.05, 0.1) is 12.0 Å². The lowest BCUT2D eigenvalue weighted by Crippen LogP contribution is -2.38. The Morgan fingerprint density at radius 1 is 1.21 bits per heavy atom. The van der Waals surface area contributed by atoms with E-state index in [0.29, 0.717) is 0 Å². The Balaban J connectivity index is 1.67. The molecule has 0 bridgehead atoms. The maximum Gasteiger partial charge on any atom is 0.306 e. The monoisotopic (exact) mass is 357 g/mol. The van der Waals surface area contributed by atoms with E-state index in [1.54, 1.807) is 11.3 Å². The van der Waals surface area contributed by atoms with Crippen molar-refractivity contribution >= 4 is 38.7 Å². The first-order chi connectivity index (χ1) is 11.7. The van der Waals surface area contributed by atoms with E-state index in [-0.39, 0.29) is 12.0 Å². The fourth-order valence-corrected chi connectivity index (χ4v) is 5.43. The summed E-state index contributed by atoms with van der Waals surface area (Å²) >= 11 is 3.57. The summed E-state index contributed by atoms with van der Waals surface area (Å²) in [5, 5.41) is 14.9. The van der Waals surface area contributed by atoms with E-state index in [1.807, 2.05) is 11.3 Å². The summed E-state index contributed by atoms with van der Waals surface area (Å²) in [6.45, 7) is 1.68. The summed E-state index contributed by atoms with van der Waals surface area (Å²) in [5.74, 6) is -0.838. The number of likely N-dealkylation sites (tertiary alicyclic amines) is 1. The van der Waals surface area contributed by atoms with Crippen LogP contribution in [0.1, 0.15) is 29.3 Å². The Morgan fingerprint density at radius 3 is 2.67 bits per heavy atom. The zero-order chi connectivity index (χ0) is 16.5. The van der Waals surface area contributed by atoms with E-state index in [9.17, 15) is 9.90 Å². The van der Waals surface area contributed by atoms with Gasteiger partial charge in [-0.15, -0.1) is 11.3 Å². The molecule has 0 aliphatic carbocycles. The molecule has 0 amide bonds. The van der Waals surface area contributed by atoms with E-state index in [2.05, 4.69) is 52.1 Å². The standard InChI is InChI=1S/C19H19NO2S2/c21-19(22)13-5-8-20(9-6-13)18(15-7-10-23-12-15)17-11-14-3-1-2-4-16(14)24-17/h1-4,7,10-13,18H,5-6,8-9H2,(H,21,22).